The molecule has 2 aromatic rings. The van der Waals surface area contributed by atoms with E-state index in [0.29, 0.717) is 18.6 Å². The van der Waals surface area contributed by atoms with Gasteiger partial charge in [-0.1, -0.05) is 13.0 Å². The first-order valence-corrected chi connectivity index (χ1v) is 10.3. The number of carbonyl (C=O) groups is 2. The summed E-state index contributed by atoms with van der Waals surface area (Å²) in [6.45, 7) is 2.79. The zero-order chi connectivity index (χ0) is 20.4. The largest absolute Gasteiger partial charge is 0.479 e. The molecular formula is C23H27N3O3. The number of amides is 1. The van der Waals surface area contributed by atoms with E-state index in [1.54, 1.807) is 17.3 Å². The van der Waals surface area contributed by atoms with Gasteiger partial charge in [0, 0.05) is 37.3 Å². The Morgan fingerprint density at radius 2 is 2.14 bits per heavy atom. The molecule has 1 aromatic heterocycles. The summed E-state index contributed by atoms with van der Waals surface area (Å²) in [6.07, 6.45) is 6.72. The monoisotopic (exact) mass is 393 g/mol. The maximum atomic E-state index is 12.5. The van der Waals surface area contributed by atoms with Gasteiger partial charge in [0.1, 0.15) is 5.75 Å². The fraction of sp³-hybridized carbons (Fsp3) is 0.435. The highest BCUT2D eigenvalue weighted by Gasteiger charge is 2.31. The number of Topliss-reactive ketones (excluding diaryl/α,β-unsaturated/α-hetero) is 1. The van der Waals surface area contributed by atoms with Gasteiger partial charge in [0.05, 0.1) is 12.2 Å². The van der Waals surface area contributed by atoms with Gasteiger partial charge in [0.2, 0.25) is 5.91 Å². The van der Waals surface area contributed by atoms with Crippen LogP contribution in [-0.2, 0) is 16.0 Å². The summed E-state index contributed by atoms with van der Waals surface area (Å²) in [5.41, 5.74) is 4.09. The first-order valence-electron chi connectivity index (χ1n) is 10.3. The standard InChI is InChI=1S/C23H27N3O3/c1-3-21(27)23(19-5-4-10-25-19)29-18-12-17(13-24-14-18)15-6-8-20-16(11-15)7-9-22(28)26(20)2/h6,8,11-14,19,23,25H,3-5,7,9-10H2,1-2H3/t19?,23-/m0/s1. The van der Waals surface area contributed by atoms with Crippen LogP contribution >= 0.6 is 0 Å². The minimum absolute atomic E-state index is 0.0583. The average Bonchev–Trinajstić information content (AvgIpc) is 3.28. The van der Waals surface area contributed by atoms with Crippen molar-refractivity contribution in [2.24, 2.45) is 0 Å². The van der Waals surface area contributed by atoms with Gasteiger partial charge in [-0.15, -0.1) is 0 Å². The fourth-order valence-electron chi connectivity index (χ4n) is 4.17. The van der Waals surface area contributed by atoms with Gasteiger partial charge in [-0.2, -0.15) is 0 Å². The number of benzene rings is 1. The number of pyridine rings is 1. The average molecular weight is 393 g/mol. The highest BCUT2D eigenvalue weighted by Crippen LogP contribution is 2.32. The predicted octanol–water partition coefficient (Wildman–Crippen LogP) is 3.14. The Balaban J connectivity index is 1.59. The number of ketones is 1. The molecule has 1 saturated heterocycles. The summed E-state index contributed by atoms with van der Waals surface area (Å²) in [5.74, 6) is 0.860. The van der Waals surface area contributed by atoms with Crippen LogP contribution in [0, 0.1) is 0 Å². The Bertz CT molecular complexity index is 921. The number of aromatic nitrogens is 1. The molecular weight excluding hydrogens is 366 g/mol. The zero-order valence-electron chi connectivity index (χ0n) is 17.0. The molecule has 0 bridgehead atoms. The Kier molecular flexibility index (Phi) is 5.62. The predicted molar refractivity (Wildman–Crippen MR) is 112 cm³/mol. The topological polar surface area (TPSA) is 71.5 Å². The number of aryl methyl sites for hydroxylation is 1. The summed E-state index contributed by atoms with van der Waals surface area (Å²) in [7, 11) is 1.82. The molecule has 4 rings (SSSR count). The third-order valence-electron chi connectivity index (χ3n) is 5.86. The van der Waals surface area contributed by atoms with Crippen LogP contribution in [0.3, 0.4) is 0 Å². The van der Waals surface area contributed by atoms with Crippen molar-refractivity contribution in [2.75, 3.05) is 18.5 Å². The molecule has 0 saturated carbocycles. The number of ether oxygens (including phenoxy) is 1. The first-order chi connectivity index (χ1) is 14.1. The van der Waals surface area contributed by atoms with Crippen molar-refractivity contribution in [3.63, 3.8) is 0 Å². The number of nitrogens with one attached hydrogen (secondary N) is 1. The lowest BCUT2D eigenvalue weighted by Crippen LogP contribution is -2.44. The molecule has 1 N–H and O–H groups in total. The lowest BCUT2D eigenvalue weighted by Gasteiger charge is -2.26. The first kappa shape index (κ1) is 19.6. The molecule has 29 heavy (non-hydrogen) atoms. The van der Waals surface area contributed by atoms with Crippen LogP contribution in [0.1, 0.15) is 38.2 Å². The van der Waals surface area contributed by atoms with Crippen molar-refractivity contribution in [1.29, 1.82) is 0 Å². The summed E-state index contributed by atoms with van der Waals surface area (Å²) in [6, 6.07) is 8.11. The van der Waals surface area contributed by atoms with E-state index in [-0.39, 0.29) is 17.7 Å². The van der Waals surface area contributed by atoms with Crippen molar-refractivity contribution in [1.82, 2.24) is 10.3 Å². The van der Waals surface area contributed by atoms with Crippen LogP contribution in [0.25, 0.3) is 11.1 Å². The molecule has 3 heterocycles. The van der Waals surface area contributed by atoms with Gasteiger partial charge in [0.15, 0.2) is 11.9 Å². The second-order valence-electron chi connectivity index (χ2n) is 7.77. The van der Waals surface area contributed by atoms with Crippen LogP contribution in [0.15, 0.2) is 36.7 Å². The van der Waals surface area contributed by atoms with Crippen molar-refractivity contribution in [3.05, 3.63) is 42.2 Å². The molecule has 6 heteroatoms. The minimum atomic E-state index is -0.484. The summed E-state index contributed by atoms with van der Waals surface area (Å²) < 4.78 is 6.13. The van der Waals surface area contributed by atoms with Gasteiger partial charge in [-0.3, -0.25) is 14.6 Å². The van der Waals surface area contributed by atoms with Crippen LogP contribution < -0.4 is 15.0 Å². The van der Waals surface area contributed by atoms with E-state index in [1.807, 2.05) is 32.2 Å². The van der Waals surface area contributed by atoms with E-state index in [9.17, 15) is 9.59 Å². The Morgan fingerprint density at radius 3 is 2.90 bits per heavy atom. The second kappa shape index (κ2) is 8.33. The number of fused-ring (bicyclic) bond motifs is 1. The molecule has 2 atom stereocenters. The molecule has 0 radical (unpaired) electrons. The molecule has 6 nitrogen and oxygen atoms in total. The third kappa shape index (κ3) is 4.03. The molecule has 1 aromatic carbocycles. The van der Waals surface area contributed by atoms with Gasteiger partial charge in [-0.05, 0) is 55.1 Å². The second-order valence-corrected chi connectivity index (χ2v) is 7.77. The molecule has 0 spiro atoms. The summed E-state index contributed by atoms with van der Waals surface area (Å²) in [4.78, 5) is 30.4. The number of carbonyl (C=O) groups excluding carboxylic acids is 2. The SMILES string of the molecule is CCC(=O)[C@@H](Oc1cncc(-c2ccc3c(c2)CCC(=O)N3C)c1)C1CCCN1. The molecule has 0 aliphatic carbocycles. The Hall–Kier alpha value is -2.73. The normalized spacial score (nSPS) is 19.7. The van der Waals surface area contributed by atoms with Crippen molar-refractivity contribution >= 4 is 17.4 Å². The van der Waals surface area contributed by atoms with E-state index in [0.717, 1.165) is 48.2 Å². The fourth-order valence-corrected chi connectivity index (χ4v) is 4.17. The van der Waals surface area contributed by atoms with E-state index in [4.69, 9.17) is 4.74 Å². The van der Waals surface area contributed by atoms with Gasteiger partial charge >= 0.3 is 0 Å². The Labute approximate surface area is 171 Å². The molecule has 2 aliphatic rings. The molecule has 1 unspecified atom stereocenters. The van der Waals surface area contributed by atoms with E-state index in [1.165, 1.54) is 0 Å². The maximum absolute atomic E-state index is 12.5. The van der Waals surface area contributed by atoms with Crippen molar-refractivity contribution in [2.45, 2.75) is 51.2 Å². The summed E-state index contributed by atoms with van der Waals surface area (Å²) in [5, 5.41) is 3.38. The van der Waals surface area contributed by atoms with Crippen LogP contribution in [-0.4, -0.2) is 42.4 Å². The number of nitrogens with zero attached hydrogens (tertiary/aromatic N) is 2. The molecule has 1 amide bonds. The Morgan fingerprint density at radius 1 is 1.28 bits per heavy atom. The number of hydrogen-bond donors (Lipinski definition) is 1. The van der Waals surface area contributed by atoms with Crippen LogP contribution in [0.2, 0.25) is 0 Å². The lowest BCUT2D eigenvalue weighted by atomic mass is 9.96. The van der Waals surface area contributed by atoms with E-state index in [2.05, 4.69) is 16.4 Å². The quantitative estimate of drug-likeness (QED) is 0.816. The van der Waals surface area contributed by atoms with Crippen molar-refractivity contribution in [3.8, 4) is 16.9 Å². The van der Waals surface area contributed by atoms with E-state index < -0.39 is 6.10 Å². The van der Waals surface area contributed by atoms with Gasteiger partial charge < -0.3 is 15.0 Å². The minimum Gasteiger partial charge on any atom is -0.479 e. The molecule has 2 aliphatic heterocycles. The number of hydrogen-bond acceptors (Lipinski definition) is 5. The number of rotatable bonds is 6. The van der Waals surface area contributed by atoms with Crippen molar-refractivity contribution < 1.29 is 14.3 Å². The van der Waals surface area contributed by atoms with Crippen LogP contribution in [0.4, 0.5) is 5.69 Å². The molecule has 152 valence electrons. The lowest BCUT2D eigenvalue weighted by molar-refractivity contribution is -0.126. The highest BCUT2D eigenvalue weighted by molar-refractivity contribution is 5.96. The summed E-state index contributed by atoms with van der Waals surface area (Å²) >= 11 is 0. The van der Waals surface area contributed by atoms with Gasteiger partial charge in [0.25, 0.3) is 0 Å². The van der Waals surface area contributed by atoms with Crippen LogP contribution in [0.5, 0.6) is 5.75 Å². The number of anilines is 1. The van der Waals surface area contributed by atoms with Gasteiger partial charge in [-0.25, -0.2) is 0 Å². The molecule has 1 fully saturated rings. The van der Waals surface area contributed by atoms with E-state index >= 15 is 0 Å². The highest BCUT2D eigenvalue weighted by atomic mass is 16.5. The third-order valence-corrected chi connectivity index (χ3v) is 5.86. The maximum Gasteiger partial charge on any atom is 0.227 e. The zero-order valence-corrected chi connectivity index (χ0v) is 17.0. The smallest absolute Gasteiger partial charge is 0.227 e.